The third-order valence-electron chi connectivity index (χ3n) is 2.87. The second-order valence-electron chi connectivity index (χ2n) is 4.32. The Morgan fingerprint density at radius 3 is 2.75 bits per heavy atom. The fraction of sp³-hybridized carbons (Fsp3) is 0.0769. The molecule has 102 valence electrons. The van der Waals surface area contributed by atoms with Crippen LogP contribution in [0.1, 0.15) is 5.69 Å². The number of anilines is 1. The summed E-state index contributed by atoms with van der Waals surface area (Å²) >= 11 is 9.44. The number of nitrogens with two attached hydrogens (primary N) is 1. The summed E-state index contributed by atoms with van der Waals surface area (Å²) in [5, 5.41) is 0.228. The van der Waals surface area contributed by atoms with Crippen LogP contribution >= 0.6 is 27.5 Å². The Labute approximate surface area is 127 Å². The van der Waals surface area contributed by atoms with Crippen molar-refractivity contribution in [3.05, 3.63) is 45.3 Å². The molecular weight excluding hydrogens is 347 g/mol. The van der Waals surface area contributed by atoms with Crippen LogP contribution in [0.25, 0.3) is 16.9 Å². The molecule has 0 fully saturated rings. The zero-order valence-electron chi connectivity index (χ0n) is 10.4. The molecule has 0 atom stereocenters. The topological polar surface area (TPSA) is 56.7 Å². The molecular formula is C13H9BrClFN4. The molecule has 2 heterocycles. The summed E-state index contributed by atoms with van der Waals surface area (Å²) < 4.78 is 15.4. The molecule has 3 rings (SSSR count). The van der Waals surface area contributed by atoms with Gasteiger partial charge in [0.05, 0.1) is 10.7 Å². The number of halogens is 3. The van der Waals surface area contributed by atoms with Gasteiger partial charge in [0.25, 0.3) is 0 Å². The minimum absolute atomic E-state index is 0.228. The summed E-state index contributed by atoms with van der Waals surface area (Å²) in [7, 11) is 0. The van der Waals surface area contributed by atoms with E-state index in [1.807, 2.05) is 19.1 Å². The van der Waals surface area contributed by atoms with Crippen LogP contribution in [0.4, 0.5) is 10.3 Å². The van der Waals surface area contributed by atoms with Crippen LogP contribution in [0, 0.1) is 12.7 Å². The second-order valence-corrected chi connectivity index (χ2v) is 5.58. The van der Waals surface area contributed by atoms with Gasteiger partial charge in [0.1, 0.15) is 11.3 Å². The number of aromatic nitrogens is 3. The highest BCUT2D eigenvalue weighted by molar-refractivity contribution is 9.10. The van der Waals surface area contributed by atoms with Gasteiger partial charge in [-0.05, 0) is 47.1 Å². The maximum Gasteiger partial charge on any atom is 0.207 e. The Kier molecular flexibility index (Phi) is 3.14. The van der Waals surface area contributed by atoms with Crippen molar-refractivity contribution in [3.63, 3.8) is 0 Å². The number of hydrogen-bond acceptors (Lipinski definition) is 3. The van der Waals surface area contributed by atoms with E-state index in [9.17, 15) is 4.39 Å². The molecule has 0 bridgehead atoms. The molecule has 7 heteroatoms. The molecule has 0 radical (unpaired) electrons. The van der Waals surface area contributed by atoms with E-state index in [4.69, 9.17) is 17.3 Å². The molecule has 0 saturated heterocycles. The van der Waals surface area contributed by atoms with E-state index in [0.717, 1.165) is 5.69 Å². The van der Waals surface area contributed by atoms with E-state index in [2.05, 4.69) is 25.9 Å². The molecule has 0 spiro atoms. The van der Waals surface area contributed by atoms with Gasteiger partial charge in [0, 0.05) is 10.2 Å². The molecule has 0 unspecified atom stereocenters. The standard InChI is InChI=1S/C13H9BrClFN4/c1-6-2-3-10-12(18-6)20(13(17)19-10)11-8(14)4-7(16)5-9(11)15/h2-5H,1H3,(H2,17,19). The highest BCUT2D eigenvalue weighted by atomic mass is 79.9. The normalized spacial score (nSPS) is 11.2. The van der Waals surface area contributed by atoms with Crippen LogP contribution < -0.4 is 5.73 Å². The fourth-order valence-electron chi connectivity index (χ4n) is 2.04. The Morgan fingerprint density at radius 2 is 2.05 bits per heavy atom. The van der Waals surface area contributed by atoms with Crippen LogP contribution in [0.15, 0.2) is 28.7 Å². The van der Waals surface area contributed by atoms with Crippen molar-refractivity contribution in [3.8, 4) is 5.69 Å². The molecule has 4 nitrogen and oxygen atoms in total. The SMILES string of the molecule is Cc1ccc2nc(N)n(-c3c(Cl)cc(F)cc3Br)c2n1. The molecule has 1 aromatic carbocycles. The number of nitrogen functional groups attached to an aromatic ring is 1. The molecule has 0 aliphatic heterocycles. The smallest absolute Gasteiger partial charge is 0.207 e. The van der Waals surface area contributed by atoms with Gasteiger partial charge >= 0.3 is 0 Å². The number of aryl methyl sites for hydroxylation is 1. The van der Waals surface area contributed by atoms with Crippen LogP contribution in [0.2, 0.25) is 5.02 Å². The van der Waals surface area contributed by atoms with Crippen molar-refractivity contribution < 1.29 is 4.39 Å². The zero-order valence-corrected chi connectivity index (χ0v) is 12.7. The maximum atomic E-state index is 13.3. The van der Waals surface area contributed by atoms with Crippen molar-refractivity contribution in [2.24, 2.45) is 0 Å². The zero-order chi connectivity index (χ0) is 14.4. The van der Waals surface area contributed by atoms with Crippen molar-refractivity contribution in [2.75, 3.05) is 5.73 Å². The summed E-state index contributed by atoms with van der Waals surface area (Å²) in [6.07, 6.45) is 0. The van der Waals surface area contributed by atoms with E-state index in [1.165, 1.54) is 12.1 Å². The summed E-state index contributed by atoms with van der Waals surface area (Å²) in [5.41, 5.74) is 8.53. The Hall–Kier alpha value is -1.66. The molecule has 3 aromatic rings. The summed E-state index contributed by atoms with van der Waals surface area (Å²) in [6.45, 7) is 1.87. The first-order valence-electron chi connectivity index (χ1n) is 5.74. The first-order chi connectivity index (χ1) is 9.47. The van der Waals surface area contributed by atoms with E-state index >= 15 is 0 Å². The quantitative estimate of drug-likeness (QED) is 0.721. The average molecular weight is 356 g/mol. The van der Waals surface area contributed by atoms with Crippen molar-refractivity contribution in [2.45, 2.75) is 6.92 Å². The molecule has 20 heavy (non-hydrogen) atoms. The number of hydrogen-bond donors (Lipinski definition) is 1. The Balaban J connectivity index is 2.40. The van der Waals surface area contributed by atoms with Crippen LogP contribution in [-0.4, -0.2) is 14.5 Å². The van der Waals surface area contributed by atoms with Gasteiger partial charge in [0.2, 0.25) is 5.95 Å². The number of imidazole rings is 1. The predicted octanol–water partition coefficient (Wildman–Crippen LogP) is 3.87. The number of fused-ring (bicyclic) bond motifs is 1. The molecule has 2 aromatic heterocycles. The summed E-state index contributed by atoms with van der Waals surface area (Å²) in [5.74, 6) is -0.190. The molecule has 0 aliphatic rings. The maximum absolute atomic E-state index is 13.3. The Bertz CT molecular complexity index is 808. The highest BCUT2D eigenvalue weighted by Gasteiger charge is 2.17. The number of pyridine rings is 1. The van der Waals surface area contributed by atoms with Gasteiger partial charge in [-0.25, -0.2) is 14.4 Å². The van der Waals surface area contributed by atoms with Gasteiger partial charge in [-0.3, -0.25) is 4.57 Å². The van der Waals surface area contributed by atoms with Crippen LogP contribution in [0.3, 0.4) is 0 Å². The number of nitrogens with zero attached hydrogens (tertiary/aromatic N) is 3. The fourth-order valence-corrected chi connectivity index (χ4v) is 3.05. The lowest BCUT2D eigenvalue weighted by Crippen LogP contribution is -2.04. The van der Waals surface area contributed by atoms with Crippen LogP contribution in [-0.2, 0) is 0 Å². The predicted molar refractivity (Wildman–Crippen MR) is 80.7 cm³/mol. The van der Waals surface area contributed by atoms with Crippen LogP contribution in [0.5, 0.6) is 0 Å². The van der Waals surface area contributed by atoms with Crippen molar-refractivity contribution >= 4 is 44.6 Å². The van der Waals surface area contributed by atoms with Gasteiger partial charge in [-0.15, -0.1) is 0 Å². The number of rotatable bonds is 1. The summed E-state index contributed by atoms with van der Waals surface area (Å²) in [4.78, 5) is 8.66. The van der Waals surface area contributed by atoms with Crippen molar-refractivity contribution in [1.82, 2.24) is 14.5 Å². The first kappa shape index (κ1) is 13.3. The molecule has 0 amide bonds. The van der Waals surface area contributed by atoms with E-state index < -0.39 is 5.82 Å². The Morgan fingerprint density at radius 1 is 1.30 bits per heavy atom. The van der Waals surface area contributed by atoms with Gasteiger partial charge in [0.15, 0.2) is 5.65 Å². The third-order valence-corrected chi connectivity index (χ3v) is 3.77. The summed E-state index contributed by atoms with van der Waals surface area (Å²) in [6, 6.07) is 6.22. The lowest BCUT2D eigenvalue weighted by Gasteiger charge is -2.11. The highest BCUT2D eigenvalue weighted by Crippen LogP contribution is 2.34. The minimum atomic E-state index is -0.433. The van der Waals surface area contributed by atoms with E-state index in [1.54, 1.807) is 4.57 Å². The monoisotopic (exact) mass is 354 g/mol. The average Bonchev–Trinajstić information content (AvgIpc) is 2.65. The molecule has 0 saturated carbocycles. The third kappa shape index (κ3) is 2.05. The largest absolute Gasteiger partial charge is 0.369 e. The van der Waals surface area contributed by atoms with Gasteiger partial charge in [-0.2, -0.15) is 0 Å². The minimum Gasteiger partial charge on any atom is -0.369 e. The van der Waals surface area contributed by atoms with Crippen molar-refractivity contribution in [1.29, 1.82) is 0 Å². The first-order valence-corrected chi connectivity index (χ1v) is 6.91. The molecule has 0 aliphatic carbocycles. The molecule has 2 N–H and O–H groups in total. The van der Waals surface area contributed by atoms with Gasteiger partial charge < -0.3 is 5.73 Å². The van der Waals surface area contributed by atoms with Gasteiger partial charge in [-0.1, -0.05) is 11.6 Å². The lowest BCUT2D eigenvalue weighted by atomic mass is 10.3. The van der Waals surface area contributed by atoms with E-state index in [0.29, 0.717) is 21.3 Å². The van der Waals surface area contributed by atoms with E-state index in [-0.39, 0.29) is 11.0 Å². The lowest BCUT2D eigenvalue weighted by molar-refractivity contribution is 0.626. The number of benzene rings is 1. The second kappa shape index (κ2) is 4.71.